The Morgan fingerprint density at radius 2 is 1.96 bits per heavy atom. The molecular formula is C16H13ClN4OS. The molecule has 3 aromatic rings. The van der Waals surface area contributed by atoms with Crippen LogP contribution in [0, 0.1) is 4.77 Å². The molecule has 0 aliphatic heterocycles. The first-order valence-corrected chi connectivity index (χ1v) is 7.58. The molecule has 1 N–H and O–H groups in total. The summed E-state index contributed by atoms with van der Waals surface area (Å²) in [4.78, 5) is 0. The number of benzene rings is 2. The lowest BCUT2D eigenvalue weighted by atomic mass is 10.2. The highest BCUT2D eigenvalue weighted by atomic mass is 35.5. The van der Waals surface area contributed by atoms with Crippen LogP contribution in [0.15, 0.2) is 53.6 Å². The van der Waals surface area contributed by atoms with E-state index >= 15 is 0 Å². The smallest absolute Gasteiger partial charge is 0.216 e. The predicted octanol–water partition coefficient (Wildman–Crippen LogP) is 4.15. The van der Waals surface area contributed by atoms with Gasteiger partial charge < -0.3 is 4.74 Å². The summed E-state index contributed by atoms with van der Waals surface area (Å²) in [5.41, 5.74) is 1.71. The number of aromatic amines is 1. The molecule has 0 fully saturated rings. The van der Waals surface area contributed by atoms with Crippen molar-refractivity contribution >= 4 is 30.0 Å². The van der Waals surface area contributed by atoms with E-state index in [-0.39, 0.29) is 0 Å². The minimum Gasteiger partial charge on any atom is -0.496 e. The van der Waals surface area contributed by atoms with E-state index < -0.39 is 0 Å². The molecule has 3 rings (SSSR count). The van der Waals surface area contributed by atoms with Crippen molar-refractivity contribution in [2.75, 3.05) is 7.11 Å². The zero-order valence-corrected chi connectivity index (χ0v) is 13.8. The number of ether oxygens (including phenoxy) is 1. The van der Waals surface area contributed by atoms with Crippen LogP contribution in [-0.4, -0.2) is 28.2 Å². The average molecular weight is 345 g/mol. The molecule has 0 saturated carbocycles. The molecule has 5 nitrogen and oxygen atoms in total. The molecule has 7 heteroatoms. The Morgan fingerprint density at radius 1 is 1.22 bits per heavy atom. The van der Waals surface area contributed by atoms with Gasteiger partial charge in [0, 0.05) is 16.1 Å². The third kappa shape index (κ3) is 3.33. The molecule has 0 aliphatic rings. The van der Waals surface area contributed by atoms with E-state index in [4.69, 9.17) is 28.6 Å². The Bertz CT molecular complexity index is 899. The maximum absolute atomic E-state index is 5.92. The van der Waals surface area contributed by atoms with E-state index in [0.717, 1.165) is 16.9 Å². The van der Waals surface area contributed by atoms with E-state index in [1.54, 1.807) is 30.1 Å². The fourth-order valence-corrected chi connectivity index (χ4v) is 2.38. The number of para-hydroxylation sites is 1. The number of aromatic nitrogens is 3. The molecule has 2 aromatic carbocycles. The third-order valence-corrected chi connectivity index (χ3v) is 3.72. The average Bonchev–Trinajstić information content (AvgIpc) is 2.94. The lowest BCUT2D eigenvalue weighted by Crippen LogP contribution is -1.96. The highest BCUT2D eigenvalue weighted by Gasteiger charge is 2.08. The summed E-state index contributed by atoms with van der Waals surface area (Å²) < 4.78 is 7.27. The van der Waals surface area contributed by atoms with Crippen LogP contribution in [0.3, 0.4) is 0 Å². The van der Waals surface area contributed by atoms with Gasteiger partial charge in [-0.15, -0.1) is 0 Å². The highest BCUT2D eigenvalue weighted by Crippen LogP contribution is 2.20. The molecule has 1 aromatic heterocycles. The fraction of sp³-hybridized carbons (Fsp3) is 0.0625. The van der Waals surface area contributed by atoms with E-state index in [1.165, 1.54) is 0 Å². The monoisotopic (exact) mass is 344 g/mol. The molecule has 23 heavy (non-hydrogen) atoms. The largest absolute Gasteiger partial charge is 0.496 e. The molecule has 1 heterocycles. The minimum absolute atomic E-state index is 0.404. The van der Waals surface area contributed by atoms with Crippen LogP contribution in [-0.2, 0) is 0 Å². The maximum atomic E-state index is 5.92. The van der Waals surface area contributed by atoms with Crippen molar-refractivity contribution in [3.63, 3.8) is 0 Å². The summed E-state index contributed by atoms with van der Waals surface area (Å²) in [5.74, 6) is 1.34. The Kier molecular flexibility index (Phi) is 4.55. The standard InChI is InChI=1S/C16H13ClN4OS/c1-22-14-5-3-2-4-12(14)10-18-21-15(19-20-16(21)23)11-6-8-13(17)9-7-11/h2-10H,1H3,(H,20,23). The lowest BCUT2D eigenvalue weighted by Gasteiger charge is -2.04. The van der Waals surface area contributed by atoms with Gasteiger partial charge in [-0.2, -0.15) is 14.9 Å². The highest BCUT2D eigenvalue weighted by molar-refractivity contribution is 7.71. The summed E-state index contributed by atoms with van der Waals surface area (Å²) >= 11 is 11.2. The zero-order chi connectivity index (χ0) is 16.2. The van der Waals surface area contributed by atoms with Crippen molar-refractivity contribution in [1.29, 1.82) is 0 Å². The number of rotatable bonds is 4. The summed E-state index contributed by atoms with van der Waals surface area (Å²) in [5, 5.41) is 12.1. The lowest BCUT2D eigenvalue weighted by molar-refractivity contribution is 0.414. The van der Waals surface area contributed by atoms with Crippen LogP contribution in [0.5, 0.6) is 5.75 Å². The number of hydrogen-bond donors (Lipinski definition) is 1. The Morgan fingerprint density at radius 3 is 2.70 bits per heavy atom. The molecule has 0 spiro atoms. The van der Waals surface area contributed by atoms with Gasteiger partial charge in [-0.05, 0) is 48.6 Å². The molecule has 0 radical (unpaired) electrons. The summed E-state index contributed by atoms with van der Waals surface area (Å²) in [6.07, 6.45) is 1.68. The van der Waals surface area contributed by atoms with Crippen LogP contribution >= 0.6 is 23.8 Å². The summed E-state index contributed by atoms with van der Waals surface area (Å²) in [6, 6.07) is 14.9. The maximum Gasteiger partial charge on any atom is 0.216 e. The quantitative estimate of drug-likeness (QED) is 0.571. The number of H-pyrrole nitrogens is 1. The van der Waals surface area contributed by atoms with Gasteiger partial charge in [0.05, 0.1) is 13.3 Å². The molecule has 116 valence electrons. The second-order valence-corrected chi connectivity index (χ2v) is 5.48. The Balaban J connectivity index is 2.01. The van der Waals surface area contributed by atoms with Crippen molar-refractivity contribution in [1.82, 2.24) is 14.9 Å². The van der Waals surface area contributed by atoms with Gasteiger partial charge in [0.1, 0.15) is 5.75 Å². The topological polar surface area (TPSA) is 55.2 Å². The minimum atomic E-state index is 0.404. The first-order chi connectivity index (χ1) is 11.2. The second kappa shape index (κ2) is 6.76. The normalized spacial score (nSPS) is 11.0. The van der Waals surface area contributed by atoms with E-state index in [2.05, 4.69) is 15.3 Å². The van der Waals surface area contributed by atoms with Crippen molar-refractivity contribution in [3.8, 4) is 17.1 Å². The summed E-state index contributed by atoms with van der Waals surface area (Å²) in [7, 11) is 1.62. The van der Waals surface area contributed by atoms with Gasteiger partial charge in [0.2, 0.25) is 4.77 Å². The van der Waals surface area contributed by atoms with Gasteiger partial charge in [0.15, 0.2) is 5.82 Å². The van der Waals surface area contributed by atoms with Crippen LogP contribution in [0.4, 0.5) is 0 Å². The number of nitrogens with one attached hydrogen (secondary N) is 1. The van der Waals surface area contributed by atoms with Crippen LogP contribution in [0.1, 0.15) is 5.56 Å². The van der Waals surface area contributed by atoms with E-state index in [1.807, 2.05) is 36.4 Å². The SMILES string of the molecule is COc1ccccc1C=Nn1c(-c2ccc(Cl)cc2)n[nH]c1=S. The van der Waals surface area contributed by atoms with Gasteiger partial charge in [-0.3, -0.25) is 0 Å². The second-order valence-electron chi connectivity index (χ2n) is 4.66. The molecule has 0 saturated heterocycles. The predicted molar refractivity (Wildman–Crippen MR) is 93.8 cm³/mol. The third-order valence-electron chi connectivity index (χ3n) is 3.20. The first kappa shape index (κ1) is 15.5. The van der Waals surface area contributed by atoms with E-state index in [0.29, 0.717) is 15.6 Å². The molecule has 0 aliphatic carbocycles. The molecular weight excluding hydrogens is 332 g/mol. The first-order valence-electron chi connectivity index (χ1n) is 6.80. The van der Waals surface area contributed by atoms with Gasteiger partial charge in [0.25, 0.3) is 0 Å². The van der Waals surface area contributed by atoms with Gasteiger partial charge in [-0.25, -0.2) is 5.10 Å². The van der Waals surface area contributed by atoms with Crippen LogP contribution in [0.2, 0.25) is 5.02 Å². The van der Waals surface area contributed by atoms with Gasteiger partial charge in [-0.1, -0.05) is 23.7 Å². The van der Waals surface area contributed by atoms with Crippen molar-refractivity contribution in [2.24, 2.45) is 5.10 Å². The number of nitrogens with zero attached hydrogens (tertiary/aromatic N) is 3. The van der Waals surface area contributed by atoms with Crippen molar-refractivity contribution in [2.45, 2.75) is 0 Å². The number of halogens is 1. The molecule has 0 unspecified atom stereocenters. The Hall–Kier alpha value is -2.44. The van der Waals surface area contributed by atoms with Crippen molar-refractivity contribution < 1.29 is 4.74 Å². The number of methoxy groups -OCH3 is 1. The van der Waals surface area contributed by atoms with Crippen molar-refractivity contribution in [3.05, 3.63) is 63.9 Å². The number of hydrogen-bond acceptors (Lipinski definition) is 4. The molecule has 0 amide bonds. The molecule has 0 bridgehead atoms. The zero-order valence-electron chi connectivity index (χ0n) is 12.2. The van der Waals surface area contributed by atoms with Crippen LogP contribution in [0.25, 0.3) is 11.4 Å². The Labute approximate surface area is 143 Å². The van der Waals surface area contributed by atoms with E-state index in [9.17, 15) is 0 Å². The van der Waals surface area contributed by atoms with Crippen LogP contribution < -0.4 is 4.74 Å². The van der Waals surface area contributed by atoms with Gasteiger partial charge >= 0.3 is 0 Å². The summed E-state index contributed by atoms with van der Waals surface area (Å²) in [6.45, 7) is 0. The fourth-order valence-electron chi connectivity index (χ4n) is 2.08. The molecule has 0 atom stereocenters.